The van der Waals surface area contributed by atoms with Crippen LogP contribution in [0.4, 0.5) is 5.69 Å². The highest BCUT2D eigenvalue weighted by atomic mass is 32.2. The monoisotopic (exact) mass is 508 g/mol. The first-order chi connectivity index (χ1) is 15.9. The van der Waals surface area contributed by atoms with Gasteiger partial charge in [-0.15, -0.1) is 0 Å². The van der Waals surface area contributed by atoms with Crippen molar-refractivity contribution in [3.05, 3.63) is 59.9 Å². The number of nitrogen functional groups attached to an aromatic ring is 1. The molecule has 3 rings (SSSR count). The number of pyridine rings is 1. The molecule has 0 saturated carbocycles. The van der Waals surface area contributed by atoms with E-state index in [1.807, 2.05) is 30.3 Å². The van der Waals surface area contributed by atoms with Crippen molar-refractivity contribution in [1.29, 1.82) is 0 Å². The number of carbonyl (C=O) groups excluding carboxylic acids is 1. The minimum atomic E-state index is -4.24. The minimum absolute atomic E-state index is 0.0109. The predicted molar refractivity (Wildman–Crippen MR) is 128 cm³/mol. The van der Waals surface area contributed by atoms with E-state index in [0.717, 1.165) is 16.3 Å². The van der Waals surface area contributed by atoms with Crippen LogP contribution in [0.25, 0.3) is 21.9 Å². The van der Waals surface area contributed by atoms with Gasteiger partial charge in [0.15, 0.2) is 0 Å². The van der Waals surface area contributed by atoms with Gasteiger partial charge in [-0.2, -0.15) is 16.8 Å². The molecule has 0 aliphatic carbocycles. The molecule has 0 unspecified atom stereocenters. The highest BCUT2D eigenvalue weighted by Crippen LogP contribution is 2.27. The Morgan fingerprint density at radius 1 is 0.853 bits per heavy atom. The lowest BCUT2D eigenvalue weighted by Crippen LogP contribution is -2.30. The topological polar surface area (TPSA) is 189 Å². The summed E-state index contributed by atoms with van der Waals surface area (Å²) in [4.78, 5) is 16.8. The summed E-state index contributed by atoms with van der Waals surface area (Å²) in [5.41, 5.74) is 8.33. The number of fused-ring (bicyclic) bond motifs is 1. The smallest absolute Gasteiger partial charge is 0.269 e. The molecule has 0 spiro atoms. The van der Waals surface area contributed by atoms with Crippen LogP contribution in [-0.2, 0) is 26.8 Å². The number of amides is 1. The molecule has 0 fully saturated rings. The van der Waals surface area contributed by atoms with E-state index in [1.165, 1.54) is 0 Å². The molecule has 1 heterocycles. The van der Waals surface area contributed by atoms with Crippen LogP contribution in [0.3, 0.4) is 0 Å². The van der Waals surface area contributed by atoms with Crippen molar-refractivity contribution in [1.82, 2.24) is 15.6 Å². The largest absolute Gasteiger partial charge is 0.399 e. The zero-order valence-corrected chi connectivity index (χ0v) is 19.6. The van der Waals surface area contributed by atoms with Crippen LogP contribution in [0, 0.1) is 0 Å². The molecular formula is C21H24N4O7S2. The summed E-state index contributed by atoms with van der Waals surface area (Å²) in [6.07, 6.45) is 0. The second-order valence-corrected chi connectivity index (χ2v) is 10.7. The summed E-state index contributed by atoms with van der Waals surface area (Å²) < 4.78 is 61.3. The molecule has 0 atom stereocenters. The quantitative estimate of drug-likeness (QED) is 0.150. The van der Waals surface area contributed by atoms with Crippen molar-refractivity contribution in [2.24, 2.45) is 0 Å². The summed E-state index contributed by atoms with van der Waals surface area (Å²) in [5, 5.41) is 7.10. The number of nitrogens with one attached hydrogen (secondary N) is 2. The van der Waals surface area contributed by atoms with Crippen LogP contribution >= 0.6 is 0 Å². The summed E-state index contributed by atoms with van der Waals surface area (Å²) in [5.74, 6) is -1.77. The number of carbonyl (C=O) groups is 1. The molecule has 182 valence electrons. The molecular weight excluding hydrogens is 484 g/mol. The van der Waals surface area contributed by atoms with Crippen LogP contribution in [0.15, 0.2) is 48.5 Å². The van der Waals surface area contributed by atoms with E-state index in [4.69, 9.17) is 14.8 Å². The van der Waals surface area contributed by atoms with Gasteiger partial charge in [0.05, 0.1) is 17.2 Å². The summed E-state index contributed by atoms with van der Waals surface area (Å²) in [6.45, 7) is -0.223. The zero-order valence-electron chi connectivity index (χ0n) is 17.9. The third kappa shape index (κ3) is 7.74. The Morgan fingerprint density at radius 3 is 2.21 bits per heavy atom. The highest BCUT2D eigenvalue weighted by Gasteiger charge is 2.14. The lowest BCUT2D eigenvalue weighted by molar-refractivity contribution is 0.0951. The fourth-order valence-corrected chi connectivity index (χ4v) is 3.97. The maximum Gasteiger partial charge on any atom is 0.269 e. The van der Waals surface area contributed by atoms with Gasteiger partial charge in [0.1, 0.15) is 5.69 Å². The SMILES string of the molecule is Nc1ccc2cc(-c3cc(CNCCS(=O)(=O)O)nc(C(=O)NCCS(=O)(=O)O)c3)ccc2c1. The average molecular weight is 509 g/mol. The van der Waals surface area contributed by atoms with Crippen molar-refractivity contribution in [2.75, 3.05) is 30.3 Å². The Labute approximate surface area is 196 Å². The van der Waals surface area contributed by atoms with Gasteiger partial charge in [-0.1, -0.05) is 18.2 Å². The summed E-state index contributed by atoms with van der Waals surface area (Å²) in [7, 11) is -8.36. The lowest BCUT2D eigenvalue weighted by atomic mass is 10.00. The first-order valence-corrected chi connectivity index (χ1v) is 13.3. The van der Waals surface area contributed by atoms with E-state index >= 15 is 0 Å². The molecule has 2 aromatic carbocycles. The molecule has 6 N–H and O–H groups in total. The Hall–Kier alpha value is -3.10. The normalized spacial score (nSPS) is 12.1. The second-order valence-electron chi connectivity index (χ2n) is 7.56. The average Bonchev–Trinajstić information content (AvgIpc) is 2.74. The number of benzene rings is 2. The van der Waals surface area contributed by atoms with Crippen molar-refractivity contribution in [2.45, 2.75) is 6.54 Å². The fourth-order valence-electron chi connectivity index (χ4n) is 3.21. The Balaban J connectivity index is 1.89. The van der Waals surface area contributed by atoms with Gasteiger partial charge < -0.3 is 16.4 Å². The maximum atomic E-state index is 12.6. The third-order valence-corrected chi connectivity index (χ3v) is 6.24. The number of anilines is 1. The molecule has 3 aromatic rings. The maximum absolute atomic E-state index is 12.6. The van der Waals surface area contributed by atoms with Crippen molar-refractivity contribution < 1.29 is 30.7 Å². The number of hydrogen-bond donors (Lipinski definition) is 5. The van der Waals surface area contributed by atoms with Gasteiger partial charge in [-0.3, -0.25) is 13.9 Å². The second kappa shape index (κ2) is 10.4. The fraction of sp³-hybridized carbons (Fsp3) is 0.238. The molecule has 1 amide bonds. The summed E-state index contributed by atoms with van der Waals surface area (Å²) in [6, 6.07) is 14.4. The van der Waals surface area contributed by atoms with E-state index in [2.05, 4.69) is 15.6 Å². The van der Waals surface area contributed by atoms with Crippen molar-refractivity contribution >= 4 is 42.6 Å². The van der Waals surface area contributed by atoms with Gasteiger partial charge in [0.2, 0.25) is 0 Å². The molecule has 0 saturated heterocycles. The number of rotatable bonds is 10. The van der Waals surface area contributed by atoms with Crippen LogP contribution in [-0.4, -0.2) is 61.4 Å². The van der Waals surface area contributed by atoms with E-state index in [9.17, 15) is 21.6 Å². The van der Waals surface area contributed by atoms with Gasteiger partial charge in [0.25, 0.3) is 26.1 Å². The Kier molecular flexibility index (Phi) is 7.84. The molecule has 11 nitrogen and oxygen atoms in total. The number of hydrogen-bond acceptors (Lipinski definition) is 8. The van der Waals surface area contributed by atoms with Crippen LogP contribution in [0.5, 0.6) is 0 Å². The lowest BCUT2D eigenvalue weighted by Gasteiger charge is -2.11. The molecule has 0 aliphatic heterocycles. The molecule has 0 bridgehead atoms. The number of aromatic nitrogens is 1. The van der Waals surface area contributed by atoms with Crippen LogP contribution in [0.2, 0.25) is 0 Å². The number of nitrogens with zero attached hydrogens (tertiary/aromatic N) is 1. The van der Waals surface area contributed by atoms with Gasteiger partial charge in [-0.05, 0) is 52.2 Å². The number of nitrogens with two attached hydrogens (primary N) is 1. The molecule has 13 heteroatoms. The van der Waals surface area contributed by atoms with Crippen molar-refractivity contribution in [3.63, 3.8) is 0 Å². The van der Waals surface area contributed by atoms with Crippen LogP contribution < -0.4 is 16.4 Å². The zero-order chi connectivity index (χ0) is 24.9. The molecule has 0 aliphatic rings. The van der Waals surface area contributed by atoms with Gasteiger partial charge in [0, 0.05) is 25.3 Å². The minimum Gasteiger partial charge on any atom is -0.399 e. The van der Waals surface area contributed by atoms with Gasteiger partial charge >= 0.3 is 0 Å². The standard InChI is InChI=1S/C21H24N4O7S2/c22-18-4-3-14-9-15(1-2-16(14)10-18)17-11-19(13-23-5-7-33(27,28)29)25-20(12-17)21(26)24-6-8-34(30,31)32/h1-4,9-12,23H,5-8,13,22H2,(H,24,26)(H,27,28,29)(H,30,31,32). The van der Waals surface area contributed by atoms with Crippen LogP contribution in [0.1, 0.15) is 16.2 Å². The molecule has 0 radical (unpaired) electrons. The van der Waals surface area contributed by atoms with E-state index in [-0.39, 0.29) is 25.3 Å². The van der Waals surface area contributed by atoms with Crippen molar-refractivity contribution in [3.8, 4) is 11.1 Å². The molecule has 1 aromatic heterocycles. The Bertz CT molecular complexity index is 1420. The predicted octanol–water partition coefficient (Wildman–Crippen LogP) is 1.08. The highest BCUT2D eigenvalue weighted by molar-refractivity contribution is 7.86. The summed E-state index contributed by atoms with van der Waals surface area (Å²) >= 11 is 0. The molecule has 34 heavy (non-hydrogen) atoms. The van der Waals surface area contributed by atoms with E-state index in [0.29, 0.717) is 16.9 Å². The third-order valence-electron chi connectivity index (χ3n) is 4.80. The van der Waals surface area contributed by atoms with E-state index in [1.54, 1.807) is 18.2 Å². The first-order valence-electron chi connectivity index (χ1n) is 10.1. The Morgan fingerprint density at radius 2 is 1.50 bits per heavy atom. The first kappa shape index (κ1) is 25.5. The van der Waals surface area contributed by atoms with Gasteiger partial charge in [-0.25, -0.2) is 4.98 Å². The van der Waals surface area contributed by atoms with E-state index < -0.39 is 37.6 Å².